The predicted molar refractivity (Wildman–Crippen MR) is 148 cm³/mol. The van der Waals surface area contributed by atoms with Gasteiger partial charge < -0.3 is 39.0 Å². The summed E-state index contributed by atoms with van der Waals surface area (Å²) in [5.74, 6) is -2.97. The van der Waals surface area contributed by atoms with E-state index in [4.69, 9.17) is 23.7 Å². The SMILES string of the molecule is CCCC(=O)OC1C2[C@@H]3C[C@]1(O)[C@@H](OC)[C@H](O)[C@]2(OC(C)=O)C1C(OC)C2C4(CC)CN(CC)C1C23C(OC)C[C@H]4O. The first-order valence-corrected chi connectivity index (χ1v) is 15.8. The fourth-order valence-electron chi connectivity index (χ4n) is 12.0. The number of carbonyl (C=O) groups excluding carboxylic acids is 2. The summed E-state index contributed by atoms with van der Waals surface area (Å²) in [6.07, 6.45) is -3.30. The Hall–Kier alpha value is -1.34. The lowest BCUT2D eigenvalue weighted by Crippen LogP contribution is -2.81. The van der Waals surface area contributed by atoms with Crippen LogP contribution in [0.2, 0.25) is 0 Å². The minimum absolute atomic E-state index is 0.157. The molecular weight excluding hydrogens is 546 g/mol. The Labute approximate surface area is 248 Å². The lowest BCUT2D eigenvalue weighted by Gasteiger charge is -2.70. The Morgan fingerprint density at radius 2 is 1.71 bits per heavy atom. The third-order valence-electron chi connectivity index (χ3n) is 12.9. The van der Waals surface area contributed by atoms with Crippen molar-refractivity contribution in [3.05, 3.63) is 0 Å². The Kier molecular flexibility index (Phi) is 7.37. The van der Waals surface area contributed by atoms with Crippen LogP contribution in [0, 0.1) is 34.5 Å². The van der Waals surface area contributed by atoms with E-state index in [1.54, 1.807) is 14.2 Å². The van der Waals surface area contributed by atoms with Crippen molar-refractivity contribution in [1.82, 2.24) is 4.90 Å². The highest BCUT2D eigenvalue weighted by atomic mass is 16.6. The van der Waals surface area contributed by atoms with Gasteiger partial charge in [0.05, 0.1) is 18.3 Å². The fraction of sp³-hybridized carbons (Fsp3) is 0.935. The molecule has 1 spiro atoms. The Balaban J connectivity index is 1.70. The Bertz CT molecular complexity index is 1110. The van der Waals surface area contributed by atoms with Crippen molar-refractivity contribution >= 4 is 11.9 Å². The minimum atomic E-state index is -1.73. The fourth-order valence-corrected chi connectivity index (χ4v) is 12.0. The van der Waals surface area contributed by atoms with Crippen molar-refractivity contribution < 1.29 is 48.6 Å². The van der Waals surface area contributed by atoms with Crippen LogP contribution in [0.1, 0.15) is 59.8 Å². The summed E-state index contributed by atoms with van der Waals surface area (Å²) in [4.78, 5) is 28.6. The van der Waals surface area contributed by atoms with Gasteiger partial charge in [0, 0.05) is 82.3 Å². The molecule has 1 heterocycles. The van der Waals surface area contributed by atoms with Gasteiger partial charge in [-0.25, -0.2) is 0 Å². The number of hydrogen-bond donors (Lipinski definition) is 3. The topological polar surface area (TPSA) is 144 Å². The molecule has 7 bridgehead atoms. The van der Waals surface area contributed by atoms with Crippen LogP contribution in [0.3, 0.4) is 0 Å². The number of methoxy groups -OCH3 is 3. The second-order valence-electron chi connectivity index (χ2n) is 13.8. The van der Waals surface area contributed by atoms with Gasteiger partial charge in [-0.05, 0) is 31.7 Å². The molecule has 1 saturated heterocycles. The molecule has 42 heavy (non-hydrogen) atoms. The molecule has 11 heteroatoms. The smallest absolute Gasteiger partial charge is 0.306 e. The monoisotopic (exact) mass is 595 g/mol. The molecule has 6 rings (SSSR count). The van der Waals surface area contributed by atoms with Crippen LogP contribution in [0.5, 0.6) is 0 Å². The van der Waals surface area contributed by atoms with Crippen LogP contribution < -0.4 is 0 Å². The lowest BCUT2D eigenvalue weighted by atomic mass is 9.42. The summed E-state index contributed by atoms with van der Waals surface area (Å²) in [6, 6.07) is -0.255. The lowest BCUT2D eigenvalue weighted by molar-refractivity contribution is -0.322. The minimum Gasteiger partial charge on any atom is -0.459 e. The van der Waals surface area contributed by atoms with Gasteiger partial charge in [0.1, 0.15) is 23.9 Å². The van der Waals surface area contributed by atoms with E-state index in [1.165, 1.54) is 14.0 Å². The Morgan fingerprint density at radius 1 is 1.00 bits per heavy atom. The highest BCUT2D eigenvalue weighted by Crippen LogP contribution is 2.81. The highest BCUT2D eigenvalue weighted by Gasteiger charge is 2.92. The maximum atomic E-state index is 13.1. The standard InChI is InChI=1S/C31H49NO10/c1-8-11-19(35)41-26-20-16-13-29(26,37)27(40-7)25(36)31(20,42-15(4)33)21-22(39-6)23-28(9-2)14-32(10-3)24(21)30(16,23)18(38-5)12-17(28)34/h16-18,20-27,34,36-37H,8-14H2,1-7H3/t16-,17+,18?,20?,21?,22?,23?,24?,25-,26?,27-,28?,29+,30?,31+/m0/s1. The second kappa shape index (κ2) is 10.1. The van der Waals surface area contributed by atoms with E-state index in [9.17, 15) is 24.9 Å². The van der Waals surface area contributed by atoms with Crippen LogP contribution in [0.4, 0.5) is 0 Å². The van der Waals surface area contributed by atoms with Gasteiger partial charge in [0.25, 0.3) is 0 Å². The van der Waals surface area contributed by atoms with Gasteiger partial charge in [0.2, 0.25) is 0 Å². The van der Waals surface area contributed by atoms with E-state index in [2.05, 4.69) is 18.7 Å². The van der Waals surface area contributed by atoms with Crippen molar-refractivity contribution in [1.29, 1.82) is 0 Å². The van der Waals surface area contributed by atoms with E-state index in [1.807, 2.05) is 6.92 Å². The highest BCUT2D eigenvalue weighted by molar-refractivity contribution is 5.70. The number of likely N-dealkylation sites (tertiary alicyclic amines) is 1. The molecule has 5 aliphatic carbocycles. The van der Waals surface area contributed by atoms with E-state index in [-0.39, 0.29) is 24.8 Å². The number of piperidine rings is 1. The largest absolute Gasteiger partial charge is 0.459 e. The average molecular weight is 596 g/mol. The number of carbonyl (C=O) groups is 2. The number of aliphatic hydroxyl groups is 3. The molecular formula is C31H49NO10. The van der Waals surface area contributed by atoms with Crippen LogP contribution in [-0.4, -0.2) is 120 Å². The zero-order valence-electron chi connectivity index (χ0n) is 25.9. The molecule has 3 N–H and O–H groups in total. The quantitative estimate of drug-likeness (QED) is 0.327. The van der Waals surface area contributed by atoms with E-state index in [0.29, 0.717) is 32.4 Å². The van der Waals surface area contributed by atoms with Crippen molar-refractivity contribution in [2.75, 3.05) is 34.4 Å². The van der Waals surface area contributed by atoms with Crippen LogP contribution in [0.25, 0.3) is 0 Å². The predicted octanol–water partition coefficient (Wildman–Crippen LogP) is 0.898. The summed E-state index contributed by atoms with van der Waals surface area (Å²) in [7, 11) is 4.73. The average Bonchev–Trinajstić information content (AvgIpc) is 3.32. The molecule has 11 nitrogen and oxygen atoms in total. The molecule has 0 aromatic carbocycles. The number of ether oxygens (including phenoxy) is 5. The van der Waals surface area contributed by atoms with Crippen molar-refractivity contribution in [2.24, 2.45) is 34.5 Å². The van der Waals surface area contributed by atoms with E-state index < -0.39 is 88.3 Å². The summed E-state index contributed by atoms with van der Waals surface area (Å²) in [5.41, 5.74) is -4.54. The number of nitrogens with zero attached hydrogens (tertiary/aromatic N) is 1. The zero-order valence-corrected chi connectivity index (χ0v) is 25.9. The van der Waals surface area contributed by atoms with Gasteiger partial charge >= 0.3 is 11.9 Å². The molecule has 0 radical (unpaired) electrons. The first-order valence-electron chi connectivity index (χ1n) is 15.8. The van der Waals surface area contributed by atoms with Gasteiger partial charge in [0.15, 0.2) is 5.60 Å². The summed E-state index contributed by atoms with van der Waals surface area (Å²) in [6.45, 7) is 8.68. The van der Waals surface area contributed by atoms with E-state index in [0.717, 1.165) is 0 Å². The van der Waals surface area contributed by atoms with Gasteiger partial charge in [-0.1, -0.05) is 20.8 Å². The summed E-state index contributed by atoms with van der Waals surface area (Å²) in [5, 5.41) is 36.8. The van der Waals surface area contributed by atoms with Gasteiger partial charge in [-0.15, -0.1) is 0 Å². The summed E-state index contributed by atoms with van der Waals surface area (Å²) < 4.78 is 31.2. The molecule has 5 saturated carbocycles. The van der Waals surface area contributed by atoms with Crippen molar-refractivity contribution in [3.8, 4) is 0 Å². The molecule has 6 aliphatic rings. The number of esters is 2. The van der Waals surface area contributed by atoms with Crippen LogP contribution >= 0.6 is 0 Å². The van der Waals surface area contributed by atoms with Gasteiger partial charge in [-0.2, -0.15) is 0 Å². The number of rotatable bonds is 9. The normalized spacial score (nSPS) is 53.6. The van der Waals surface area contributed by atoms with Crippen LogP contribution in [-0.2, 0) is 33.3 Å². The molecule has 0 aromatic rings. The second-order valence-corrected chi connectivity index (χ2v) is 13.8. The van der Waals surface area contributed by atoms with Gasteiger partial charge in [-0.3, -0.25) is 14.5 Å². The molecule has 9 unspecified atom stereocenters. The molecule has 0 aromatic heterocycles. The van der Waals surface area contributed by atoms with Crippen molar-refractivity contribution in [3.63, 3.8) is 0 Å². The third kappa shape index (κ3) is 3.26. The maximum Gasteiger partial charge on any atom is 0.306 e. The maximum absolute atomic E-state index is 13.1. The van der Waals surface area contributed by atoms with Crippen LogP contribution in [0.15, 0.2) is 0 Å². The molecule has 15 atom stereocenters. The molecule has 1 aliphatic heterocycles. The molecule has 6 fully saturated rings. The summed E-state index contributed by atoms with van der Waals surface area (Å²) >= 11 is 0. The number of aliphatic hydroxyl groups excluding tert-OH is 2. The van der Waals surface area contributed by atoms with E-state index >= 15 is 0 Å². The number of hydrogen-bond acceptors (Lipinski definition) is 11. The number of fused-ring (bicyclic) bond motifs is 2. The first-order chi connectivity index (χ1) is 20.0. The first kappa shape index (κ1) is 30.7. The molecule has 0 amide bonds. The Morgan fingerprint density at radius 3 is 2.26 bits per heavy atom. The zero-order chi connectivity index (χ0) is 30.6. The molecule has 238 valence electrons. The third-order valence-corrected chi connectivity index (χ3v) is 12.9. The van der Waals surface area contributed by atoms with Crippen molar-refractivity contribution in [2.45, 2.75) is 114 Å².